The maximum Gasteiger partial charge on any atom is 0.349 e. The van der Waals surface area contributed by atoms with Crippen LogP contribution in [0.25, 0.3) is 0 Å². The highest BCUT2D eigenvalue weighted by atomic mass is 35.5. The number of rotatable bonds is 5. The van der Waals surface area contributed by atoms with E-state index >= 15 is 0 Å². The zero-order chi connectivity index (χ0) is 29.1. The first-order chi connectivity index (χ1) is 19.0. The van der Waals surface area contributed by atoms with Crippen LogP contribution in [0.5, 0.6) is 0 Å². The van der Waals surface area contributed by atoms with E-state index in [1.54, 1.807) is 48.2 Å². The van der Waals surface area contributed by atoms with E-state index in [-0.39, 0.29) is 41.3 Å². The maximum atomic E-state index is 12.0. The quantitative estimate of drug-likeness (QED) is 0.149. The molecule has 1 aliphatic heterocycles. The topological polar surface area (TPSA) is 115 Å². The minimum atomic E-state index is -0.578. The van der Waals surface area contributed by atoms with Gasteiger partial charge in [0, 0.05) is 6.20 Å². The molecule has 15 heteroatoms. The van der Waals surface area contributed by atoms with Crippen molar-refractivity contribution in [2.75, 3.05) is 12.5 Å². The third-order valence-corrected chi connectivity index (χ3v) is 9.73. The molecule has 2 amide bonds. The van der Waals surface area contributed by atoms with Crippen molar-refractivity contribution in [1.82, 2.24) is 25.0 Å². The molecule has 3 aliphatic rings. The van der Waals surface area contributed by atoms with Gasteiger partial charge in [0.1, 0.15) is 15.1 Å². The Kier molecular flexibility index (Phi) is 12.9. The van der Waals surface area contributed by atoms with Gasteiger partial charge < -0.3 is 4.84 Å². The fourth-order valence-corrected chi connectivity index (χ4v) is 5.91. The molecule has 6 rings (SSSR count). The molecular weight excluding hydrogens is 664 g/mol. The van der Waals surface area contributed by atoms with Crippen molar-refractivity contribution >= 4 is 87.7 Å². The van der Waals surface area contributed by atoms with Crippen LogP contribution in [0.15, 0.2) is 42.6 Å². The molecule has 42 heavy (non-hydrogen) atoms. The molecule has 0 unspecified atom stereocenters. The van der Waals surface area contributed by atoms with E-state index in [2.05, 4.69) is 26.2 Å². The number of thioether (sulfide) groups is 2. The van der Waals surface area contributed by atoms with E-state index in [1.165, 1.54) is 18.0 Å². The van der Waals surface area contributed by atoms with Crippen molar-refractivity contribution in [3.63, 3.8) is 0 Å². The highest BCUT2D eigenvalue weighted by Gasteiger charge is 2.53. The van der Waals surface area contributed by atoms with Crippen LogP contribution in [0, 0.1) is 0 Å². The number of imide groups is 1. The highest BCUT2D eigenvalue weighted by Crippen LogP contribution is 2.55. The Morgan fingerprint density at radius 3 is 1.81 bits per heavy atom. The average Bonchev–Trinajstić information content (AvgIpc) is 3.85. The number of nitrogens with zero attached hydrogens (tertiary/aromatic N) is 5. The second-order valence-corrected chi connectivity index (χ2v) is 12.5. The predicted octanol–water partition coefficient (Wildman–Crippen LogP) is 7.83. The molecule has 9 nitrogen and oxygen atoms in total. The molecule has 226 valence electrons. The number of hydrogen-bond donors (Lipinski definition) is 0. The fraction of sp³-hybridized carbons (Fsp3) is 0.370. The van der Waals surface area contributed by atoms with Gasteiger partial charge in [-0.1, -0.05) is 55.3 Å². The standard InChI is InChI=1S/C13H11NO4S.C8H8Cl2N2S.C4H2Cl2N2.2CH4/c1-19-13(6-7-13)12(17)18-14-10(15)8-4-2-3-5-9(8)11(14)16;1-13-8(2-3-8)5-4-6(9)12-7(10)11-5;5-3-1-2-7-4(6)8-3;;/h2-5H,6-7H2,1H3;4H,2-3H2,1H3;1-2H;2*1H4. The number of benzene rings is 1. The lowest BCUT2D eigenvalue weighted by Crippen LogP contribution is -2.36. The monoisotopic (exact) mass is 691 g/mol. The number of amides is 2. The summed E-state index contributed by atoms with van der Waals surface area (Å²) < 4.78 is -0.411. The average molecular weight is 694 g/mol. The van der Waals surface area contributed by atoms with Crippen LogP contribution < -0.4 is 0 Å². The van der Waals surface area contributed by atoms with Crippen LogP contribution in [0.1, 0.15) is 66.9 Å². The first kappa shape index (κ1) is 36.0. The summed E-state index contributed by atoms with van der Waals surface area (Å²) in [4.78, 5) is 56.2. The number of carbonyl (C=O) groups is 3. The van der Waals surface area contributed by atoms with E-state index in [0.29, 0.717) is 15.4 Å². The van der Waals surface area contributed by atoms with Gasteiger partial charge in [-0.05, 0) is 85.7 Å². The first-order valence-corrected chi connectivity index (χ1v) is 15.7. The third kappa shape index (κ3) is 8.27. The lowest BCUT2D eigenvalue weighted by atomic mass is 10.1. The number of hydroxylamine groups is 2. The van der Waals surface area contributed by atoms with Gasteiger partial charge in [-0.15, -0.1) is 11.8 Å². The minimum Gasteiger partial charge on any atom is -0.328 e. The van der Waals surface area contributed by atoms with Crippen molar-refractivity contribution in [3.8, 4) is 0 Å². The molecule has 0 saturated heterocycles. The summed E-state index contributed by atoms with van der Waals surface area (Å²) in [6.07, 6.45) is 9.13. The smallest absolute Gasteiger partial charge is 0.328 e. The maximum absolute atomic E-state index is 12.0. The predicted molar refractivity (Wildman–Crippen MR) is 171 cm³/mol. The Morgan fingerprint density at radius 2 is 1.40 bits per heavy atom. The van der Waals surface area contributed by atoms with Crippen LogP contribution >= 0.6 is 69.9 Å². The molecule has 0 radical (unpaired) electrons. The molecule has 2 aliphatic carbocycles. The fourth-order valence-electron chi connectivity index (χ4n) is 3.64. The molecule has 3 heterocycles. The lowest BCUT2D eigenvalue weighted by molar-refractivity contribution is -0.168. The highest BCUT2D eigenvalue weighted by molar-refractivity contribution is 8.01. The van der Waals surface area contributed by atoms with Gasteiger partial charge >= 0.3 is 5.97 Å². The molecule has 0 atom stereocenters. The molecule has 0 bridgehead atoms. The molecule has 2 saturated carbocycles. The number of halogens is 4. The number of fused-ring (bicyclic) bond motifs is 1. The second-order valence-electron chi connectivity index (χ2n) is 8.72. The SMILES string of the molecule is C.C.CSC1(C(=O)ON2C(=O)c3ccccc3C2=O)CC1.CSC1(c2cc(Cl)nc(Cl)n2)CC1.Clc1ccnc(Cl)n1. The molecule has 2 fully saturated rings. The Bertz CT molecular complexity index is 1390. The Labute approximate surface area is 273 Å². The lowest BCUT2D eigenvalue weighted by Gasteiger charge is -2.16. The summed E-state index contributed by atoms with van der Waals surface area (Å²) in [5, 5.41) is 1.78. The van der Waals surface area contributed by atoms with Gasteiger partial charge in [-0.3, -0.25) is 9.59 Å². The normalized spacial score (nSPS) is 16.3. The zero-order valence-corrected chi connectivity index (χ0v) is 25.7. The van der Waals surface area contributed by atoms with E-state index < -0.39 is 22.5 Å². The Morgan fingerprint density at radius 1 is 0.833 bits per heavy atom. The van der Waals surface area contributed by atoms with E-state index in [4.69, 9.17) is 51.2 Å². The van der Waals surface area contributed by atoms with Gasteiger partial charge in [0.15, 0.2) is 0 Å². The second kappa shape index (κ2) is 15.0. The summed E-state index contributed by atoms with van der Waals surface area (Å²) in [6.45, 7) is 0. The van der Waals surface area contributed by atoms with E-state index in [1.807, 2.05) is 6.26 Å². The Hall–Kier alpha value is -2.15. The van der Waals surface area contributed by atoms with Gasteiger partial charge in [0.25, 0.3) is 11.8 Å². The van der Waals surface area contributed by atoms with Crippen molar-refractivity contribution in [1.29, 1.82) is 0 Å². The first-order valence-electron chi connectivity index (χ1n) is 11.7. The van der Waals surface area contributed by atoms with Crippen molar-refractivity contribution in [2.45, 2.75) is 50.0 Å². The summed E-state index contributed by atoms with van der Waals surface area (Å²) >= 11 is 25.5. The van der Waals surface area contributed by atoms with Gasteiger partial charge in [0.05, 0.1) is 21.6 Å². The molecule has 1 aromatic carbocycles. The van der Waals surface area contributed by atoms with Gasteiger partial charge in [0.2, 0.25) is 10.6 Å². The number of carbonyl (C=O) groups excluding carboxylic acids is 3. The minimum absolute atomic E-state index is 0. The molecular formula is C27H29Cl4N5O4S2. The summed E-state index contributed by atoms with van der Waals surface area (Å²) in [7, 11) is 0. The molecule has 3 aromatic rings. The van der Waals surface area contributed by atoms with Gasteiger partial charge in [-0.2, -0.15) is 11.8 Å². The summed E-state index contributed by atoms with van der Waals surface area (Å²) in [5.74, 6) is -1.67. The summed E-state index contributed by atoms with van der Waals surface area (Å²) in [6, 6.07) is 9.79. The molecule has 2 aromatic heterocycles. The van der Waals surface area contributed by atoms with Crippen molar-refractivity contribution in [3.05, 3.63) is 80.3 Å². The largest absolute Gasteiger partial charge is 0.349 e. The summed E-state index contributed by atoms with van der Waals surface area (Å²) in [5.41, 5.74) is 1.51. The van der Waals surface area contributed by atoms with Crippen LogP contribution in [-0.2, 0) is 14.4 Å². The van der Waals surface area contributed by atoms with Crippen LogP contribution in [0.3, 0.4) is 0 Å². The zero-order valence-electron chi connectivity index (χ0n) is 21.1. The van der Waals surface area contributed by atoms with Crippen LogP contribution in [0.2, 0.25) is 20.9 Å². The number of hydrogen-bond acceptors (Lipinski definition) is 10. The molecule has 0 spiro atoms. The van der Waals surface area contributed by atoms with Crippen LogP contribution in [0.4, 0.5) is 0 Å². The van der Waals surface area contributed by atoms with Gasteiger partial charge in [-0.25, -0.2) is 24.7 Å². The van der Waals surface area contributed by atoms with E-state index in [0.717, 1.165) is 31.4 Å². The van der Waals surface area contributed by atoms with E-state index in [9.17, 15) is 14.4 Å². The van der Waals surface area contributed by atoms with Crippen LogP contribution in [-0.4, -0.2) is 60.0 Å². The number of aromatic nitrogens is 4. The van der Waals surface area contributed by atoms with Crippen molar-refractivity contribution < 1.29 is 19.2 Å². The third-order valence-electron chi connectivity index (χ3n) is 6.22. The van der Waals surface area contributed by atoms with Crippen molar-refractivity contribution in [2.24, 2.45) is 0 Å². The Balaban J connectivity index is 0.000000234. The molecule has 0 N–H and O–H groups in total.